The fraction of sp³-hybridized carbons (Fsp3) is 0.190. The molecule has 0 radical (unpaired) electrons. The summed E-state index contributed by atoms with van der Waals surface area (Å²) in [4.78, 5) is 13.6. The largest absolute Gasteiger partial charge is 0.349 e. The Bertz CT molecular complexity index is 1100. The highest BCUT2D eigenvalue weighted by molar-refractivity contribution is 7.99. The summed E-state index contributed by atoms with van der Waals surface area (Å²) in [5, 5.41) is 16.7. The van der Waals surface area contributed by atoms with Gasteiger partial charge in [-0.2, -0.15) is 0 Å². The topological polar surface area (TPSA) is 59.8 Å². The molecule has 4 aromatic rings. The maximum atomic E-state index is 12.5. The third kappa shape index (κ3) is 3.81. The summed E-state index contributed by atoms with van der Waals surface area (Å²) in [6, 6.07) is 18.3. The van der Waals surface area contributed by atoms with E-state index < -0.39 is 0 Å². The van der Waals surface area contributed by atoms with E-state index in [0.29, 0.717) is 5.75 Å². The van der Waals surface area contributed by atoms with Crippen LogP contribution in [0.15, 0.2) is 65.1 Å². The molecule has 0 aliphatic heterocycles. The van der Waals surface area contributed by atoms with Crippen molar-refractivity contribution in [3.63, 3.8) is 0 Å². The van der Waals surface area contributed by atoms with Gasteiger partial charge in [0.25, 0.3) is 0 Å². The highest BCUT2D eigenvalue weighted by Gasteiger charge is 2.16. The second-order valence-electron chi connectivity index (χ2n) is 6.49. The lowest BCUT2D eigenvalue weighted by Crippen LogP contribution is -2.28. The molecule has 2 aromatic carbocycles. The normalized spacial score (nSPS) is 12.2. The third-order valence-corrected chi connectivity index (χ3v) is 6.46. The number of hydrogen-bond donors (Lipinski definition) is 1. The van der Waals surface area contributed by atoms with Crippen LogP contribution in [0.4, 0.5) is 0 Å². The number of nitrogens with zero attached hydrogens (tertiary/aromatic N) is 3. The number of benzene rings is 2. The van der Waals surface area contributed by atoms with E-state index in [1.54, 1.807) is 11.3 Å². The molecule has 0 saturated carbocycles. The summed E-state index contributed by atoms with van der Waals surface area (Å²) in [7, 11) is 1.92. The molecule has 1 amide bonds. The second kappa shape index (κ2) is 8.16. The fourth-order valence-corrected chi connectivity index (χ4v) is 4.65. The van der Waals surface area contributed by atoms with Crippen molar-refractivity contribution in [2.45, 2.75) is 18.1 Å². The van der Waals surface area contributed by atoms with Gasteiger partial charge in [0.05, 0.1) is 16.7 Å². The van der Waals surface area contributed by atoms with Crippen LogP contribution in [0, 0.1) is 0 Å². The number of fused-ring (bicyclic) bond motifs is 1. The number of carbonyl (C=O) groups excluding carboxylic acids is 1. The number of thiophene rings is 1. The van der Waals surface area contributed by atoms with Crippen molar-refractivity contribution in [3.05, 3.63) is 65.5 Å². The van der Waals surface area contributed by atoms with Crippen molar-refractivity contribution in [1.29, 1.82) is 0 Å². The number of amides is 1. The van der Waals surface area contributed by atoms with Gasteiger partial charge in [-0.1, -0.05) is 60.3 Å². The lowest BCUT2D eigenvalue weighted by Gasteiger charge is -2.16. The van der Waals surface area contributed by atoms with Crippen LogP contribution >= 0.6 is 23.1 Å². The third-order valence-electron chi connectivity index (χ3n) is 4.58. The first kappa shape index (κ1) is 18.7. The molecule has 7 heteroatoms. The number of thioether (sulfide) groups is 1. The Morgan fingerprint density at radius 1 is 1.14 bits per heavy atom. The molecule has 0 fully saturated rings. The van der Waals surface area contributed by atoms with E-state index in [2.05, 4.69) is 39.8 Å². The van der Waals surface area contributed by atoms with E-state index in [1.807, 2.05) is 54.3 Å². The maximum absolute atomic E-state index is 12.5. The van der Waals surface area contributed by atoms with Gasteiger partial charge in [-0.05, 0) is 34.7 Å². The molecular weight excluding hydrogens is 388 g/mol. The minimum absolute atomic E-state index is 0.0221. The van der Waals surface area contributed by atoms with Crippen LogP contribution in [0.2, 0.25) is 0 Å². The fourth-order valence-electron chi connectivity index (χ4n) is 3.18. The average molecular weight is 409 g/mol. The van der Waals surface area contributed by atoms with Gasteiger partial charge in [-0.15, -0.1) is 21.5 Å². The molecule has 4 rings (SSSR count). The van der Waals surface area contributed by atoms with Crippen molar-refractivity contribution in [1.82, 2.24) is 20.1 Å². The lowest BCUT2D eigenvalue weighted by molar-refractivity contribution is -0.119. The van der Waals surface area contributed by atoms with Crippen LogP contribution in [0.3, 0.4) is 0 Å². The van der Waals surface area contributed by atoms with Gasteiger partial charge in [-0.25, -0.2) is 0 Å². The molecular formula is C21H20N4OS2. The van der Waals surface area contributed by atoms with E-state index in [0.717, 1.165) is 21.4 Å². The molecule has 28 heavy (non-hydrogen) atoms. The zero-order valence-electron chi connectivity index (χ0n) is 15.6. The zero-order valence-corrected chi connectivity index (χ0v) is 17.3. The summed E-state index contributed by atoms with van der Waals surface area (Å²) in [6.45, 7) is 2.02. The predicted molar refractivity (Wildman–Crippen MR) is 116 cm³/mol. The van der Waals surface area contributed by atoms with Gasteiger partial charge in [0.1, 0.15) is 0 Å². The Balaban J connectivity index is 1.41. The summed E-state index contributed by atoms with van der Waals surface area (Å²) in [5.41, 5.74) is 1.12. The highest BCUT2D eigenvalue weighted by Crippen LogP contribution is 2.27. The number of carbonyl (C=O) groups is 1. The average Bonchev–Trinajstić information content (AvgIpc) is 3.35. The van der Waals surface area contributed by atoms with Gasteiger partial charge in [0.2, 0.25) is 5.91 Å². The Kier molecular flexibility index (Phi) is 5.45. The molecule has 0 aliphatic carbocycles. The van der Waals surface area contributed by atoms with Crippen LogP contribution in [0.5, 0.6) is 0 Å². The van der Waals surface area contributed by atoms with Crippen molar-refractivity contribution in [3.8, 4) is 10.7 Å². The van der Waals surface area contributed by atoms with Gasteiger partial charge in [0, 0.05) is 7.05 Å². The molecule has 0 bridgehead atoms. The highest BCUT2D eigenvalue weighted by atomic mass is 32.2. The lowest BCUT2D eigenvalue weighted by atomic mass is 10.00. The van der Waals surface area contributed by atoms with E-state index in [4.69, 9.17) is 0 Å². The molecule has 5 nitrogen and oxygen atoms in total. The Morgan fingerprint density at radius 3 is 2.79 bits per heavy atom. The SMILES string of the molecule is CC(NC(=O)CSc1nnc(-c2cccs2)n1C)c1cccc2ccccc12. The minimum atomic E-state index is -0.0691. The number of rotatable bonds is 6. The van der Waals surface area contributed by atoms with Crippen molar-refractivity contribution >= 4 is 39.8 Å². The summed E-state index contributed by atoms with van der Waals surface area (Å²) < 4.78 is 1.93. The van der Waals surface area contributed by atoms with Gasteiger partial charge in [0.15, 0.2) is 11.0 Å². The molecule has 0 aliphatic rings. The van der Waals surface area contributed by atoms with E-state index in [-0.39, 0.29) is 11.9 Å². The molecule has 1 unspecified atom stereocenters. The molecule has 2 heterocycles. The molecule has 142 valence electrons. The van der Waals surface area contributed by atoms with Crippen LogP contribution in [0.25, 0.3) is 21.5 Å². The summed E-state index contributed by atoms with van der Waals surface area (Å²) in [6.07, 6.45) is 0. The Hall–Kier alpha value is -2.64. The first-order valence-electron chi connectivity index (χ1n) is 8.96. The van der Waals surface area contributed by atoms with Crippen LogP contribution < -0.4 is 5.32 Å². The standard InChI is InChI=1S/C21H20N4OS2/c1-14(16-10-5-8-15-7-3-4-9-17(15)16)22-19(26)13-28-21-24-23-20(25(21)2)18-11-6-12-27-18/h3-12,14H,13H2,1-2H3,(H,22,26). The monoisotopic (exact) mass is 408 g/mol. The first-order valence-corrected chi connectivity index (χ1v) is 10.8. The van der Waals surface area contributed by atoms with Crippen LogP contribution in [0.1, 0.15) is 18.5 Å². The van der Waals surface area contributed by atoms with Gasteiger partial charge in [-0.3, -0.25) is 4.79 Å². The minimum Gasteiger partial charge on any atom is -0.349 e. The second-order valence-corrected chi connectivity index (χ2v) is 8.38. The van der Waals surface area contributed by atoms with Crippen molar-refractivity contribution < 1.29 is 4.79 Å². The summed E-state index contributed by atoms with van der Waals surface area (Å²) in [5.74, 6) is 1.10. The smallest absolute Gasteiger partial charge is 0.230 e. The van der Waals surface area contributed by atoms with Gasteiger partial charge >= 0.3 is 0 Å². The Morgan fingerprint density at radius 2 is 1.96 bits per heavy atom. The van der Waals surface area contributed by atoms with Crippen LogP contribution in [-0.2, 0) is 11.8 Å². The molecule has 1 atom stereocenters. The number of hydrogen-bond acceptors (Lipinski definition) is 5. The molecule has 1 N–H and O–H groups in total. The molecule has 2 aromatic heterocycles. The molecule has 0 saturated heterocycles. The van der Waals surface area contributed by atoms with E-state index >= 15 is 0 Å². The van der Waals surface area contributed by atoms with E-state index in [9.17, 15) is 4.79 Å². The number of nitrogens with one attached hydrogen (secondary N) is 1. The first-order chi connectivity index (χ1) is 13.6. The molecule has 0 spiro atoms. The Labute approximate surface area is 171 Å². The van der Waals surface area contributed by atoms with Crippen molar-refractivity contribution in [2.75, 3.05) is 5.75 Å². The predicted octanol–water partition coefficient (Wildman–Crippen LogP) is 4.67. The van der Waals surface area contributed by atoms with Gasteiger partial charge < -0.3 is 9.88 Å². The van der Waals surface area contributed by atoms with E-state index in [1.165, 1.54) is 22.5 Å². The maximum Gasteiger partial charge on any atom is 0.230 e. The zero-order chi connectivity index (χ0) is 19.5. The van der Waals surface area contributed by atoms with Crippen LogP contribution in [-0.4, -0.2) is 26.4 Å². The summed E-state index contributed by atoms with van der Waals surface area (Å²) >= 11 is 3.02. The van der Waals surface area contributed by atoms with Crippen molar-refractivity contribution in [2.24, 2.45) is 7.05 Å². The quantitative estimate of drug-likeness (QED) is 0.471. The number of aromatic nitrogens is 3.